The van der Waals surface area contributed by atoms with Crippen molar-refractivity contribution in [3.05, 3.63) is 58.1 Å². The molecule has 0 saturated carbocycles. The summed E-state index contributed by atoms with van der Waals surface area (Å²) in [5, 5.41) is 2.73. The number of anilines is 2. The molecular formula is C15H12Cl2F2N2O3S. The molecule has 0 spiro atoms. The highest BCUT2D eigenvalue weighted by Crippen LogP contribution is 2.30. The van der Waals surface area contributed by atoms with Gasteiger partial charge in [0.25, 0.3) is 0 Å². The average molecular weight is 409 g/mol. The molecule has 0 fully saturated rings. The Morgan fingerprint density at radius 2 is 1.72 bits per heavy atom. The standard InChI is InChI=1S/C15H12Cl2F2N2O3S/c1-25(23,24)21(9-5-6-12(18)13(19)7-9)8-14(22)20-15-10(16)3-2-4-11(15)17/h2-7H,8H2,1H3,(H,20,22). The Kier molecular flexibility index (Phi) is 5.87. The van der Waals surface area contributed by atoms with Gasteiger partial charge in [-0.2, -0.15) is 0 Å². The highest BCUT2D eigenvalue weighted by atomic mass is 35.5. The second-order valence-corrected chi connectivity index (χ2v) is 7.73. The van der Waals surface area contributed by atoms with Crippen molar-refractivity contribution in [3.63, 3.8) is 0 Å². The van der Waals surface area contributed by atoms with Gasteiger partial charge in [0.1, 0.15) is 6.54 Å². The lowest BCUT2D eigenvalue weighted by molar-refractivity contribution is -0.114. The largest absolute Gasteiger partial charge is 0.322 e. The first kappa shape index (κ1) is 19.4. The van der Waals surface area contributed by atoms with Gasteiger partial charge in [-0.15, -0.1) is 0 Å². The minimum atomic E-state index is -3.94. The summed E-state index contributed by atoms with van der Waals surface area (Å²) in [7, 11) is -3.94. The Morgan fingerprint density at radius 3 is 2.24 bits per heavy atom. The van der Waals surface area contributed by atoms with Crippen LogP contribution in [0.2, 0.25) is 10.0 Å². The van der Waals surface area contributed by atoms with Gasteiger partial charge in [-0.25, -0.2) is 17.2 Å². The maximum Gasteiger partial charge on any atom is 0.245 e. The monoisotopic (exact) mass is 408 g/mol. The maximum absolute atomic E-state index is 13.4. The van der Waals surface area contributed by atoms with Crippen molar-refractivity contribution in [2.24, 2.45) is 0 Å². The van der Waals surface area contributed by atoms with E-state index in [0.29, 0.717) is 10.4 Å². The fraction of sp³-hybridized carbons (Fsp3) is 0.133. The molecule has 1 N–H and O–H groups in total. The second kappa shape index (κ2) is 7.55. The van der Waals surface area contributed by atoms with Crippen LogP contribution in [0.15, 0.2) is 36.4 Å². The first-order chi connectivity index (χ1) is 11.6. The molecule has 10 heteroatoms. The predicted octanol–water partition coefficient (Wildman–Crippen LogP) is 3.68. The molecule has 0 atom stereocenters. The second-order valence-electron chi connectivity index (χ2n) is 5.01. The molecule has 2 aromatic carbocycles. The molecular weight excluding hydrogens is 397 g/mol. The lowest BCUT2D eigenvalue weighted by Gasteiger charge is -2.22. The summed E-state index contributed by atoms with van der Waals surface area (Å²) in [6.45, 7) is -0.675. The first-order valence-electron chi connectivity index (χ1n) is 6.76. The van der Waals surface area contributed by atoms with Gasteiger partial charge in [0, 0.05) is 6.07 Å². The molecule has 0 unspecified atom stereocenters. The fourth-order valence-corrected chi connectivity index (χ4v) is 3.31. The van der Waals surface area contributed by atoms with Crippen molar-refractivity contribution in [3.8, 4) is 0 Å². The number of hydrogen-bond acceptors (Lipinski definition) is 3. The van der Waals surface area contributed by atoms with Gasteiger partial charge in [0.05, 0.1) is 27.7 Å². The van der Waals surface area contributed by atoms with E-state index in [9.17, 15) is 22.0 Å². The zero-order valence-electron chi connectivity index (χ0n) is 12.8. The molecule has 1 amide bonds. The first-order valence-corrected chi connectivity index (χ1v) is 9.36. The van der Waals surface area contributed by atoms with Crippen LogP contribution >= 0.6 is 23.2 Å². The third-order valence-corrected chi connectivity index (χ3v) is 4.88. The van der Waals surface area contributed by atoms with E-state index in [1.54, 1.807) is 6.07 Å². The number of sulfonamides is 1. The third-order valence-electron chi connectivity index (χ3n) is 3.11. The third kappa shape index (κ3) is 4.81. The molecule has 0 radical (unpaired) electrons. The number of hydrogen-bond donors (Lipinski definition) is 1. The molecule has 5 nitrogen and oxygen atoms in total. The number of carbonyl (C=O) groups is 1. The summed E-state index contributed by atoms with van der Waals surface area (Å²) >= 11 is 11.9. The van der Waals surface area contributed by atoms with Gasteiger partial charge in [-0.3, -0.25) is 9.10 Å². The predicted molar refractivity (Wildman–Crippen MR) is 93.6 cm³/mol. The van der Waals surface area contributed by atoms with Crippen molar-refractivity contribution < 1.29 is 22.0 Å². The Morgan fingerprint density at radius 1 is 1.12 bits per heavy atom. The van der Waals surface area contributed by atoms with Gasteiger partial charge in [-0.05, 0) is 24.3 Å². The molecule has 0 saturated heterocycles. The van der Waals surface area contributed by atoms with E-state index < -0.39 is 34.1 Å². The molecule has 0 aromatic heterocycles. The van der Waals surface area contributed by atoms with Crippen molar-refractivity contribution >= 4 is 50.5 Å². The summed E-state index contributed by atoms with van der Waals surface area (Å²) < 4.78 is 50.9. The quantitative estimate of drug-likeness (QED) is 0.820. The SMILES string of the molecule is CS(=O)(=O)N(CC(=O)Nc1c(Cl)cccc1Cl)c1ccc(F)c(F)c1. The summed E-state index contributed by atoms with van der Waals surface area (Å²) in [6, 6.07) is 7.07. The number of benzene rings is 2. The zero-order chi connectivity index (χ0) is 18.8. The average Bonchev–Trinajstić information content (AvgIpc) is 2.50. The van der Waals surface area contributed by atoms with E-state index in [0.717, 1.165) is 18.4 Å². The summed E-state index contributed by atoms with van der Waals surface area (Å²) in [6.07, 6.45) is 0.837. The molecule has 0 heterocycles. The van der Waals surface area contributed by atoms with E-state index in [1.807, 2.05) is 0 Å². The summed E-state index contributed by atoms with van der Waals surface area (Å²) in [5.74, 6) is -3.13. The molecule has 2 rings (SSSR count). The van der Waals surface area contributed by atoms with Crippen LogP contribution in [0.1, 0.15) is 0 Å². The van der Waals surface area contributed by atoms with Crippen LogP contribution in [-0.2, 0) is 14.8 Å². The van der Waals surface area contributed by atoms with Crippen LogP contribution in [0.3, 0.4) is 0 Å². The topological polar surface area (TPSA) is 66.5 Å². The van der Waals surface area contributed by atoms with Crippen LogP contribution in [0.5, 0.6) is 0 Å². The Labute approximate surface area is 153 Å². The Hall–Kier alpha value is -1.90. The molecule has 2 aromatic rings. The van der Waals surface area contributed by atoms with Crippen molar-refractivity contribution in [2.45, 2.75) is 0 Å². The number of nitrogens with one attached hydrogen (secondary N) is 1. The maximum atomic E-state index is 13.4. The number of halogens is 4. The van der Waals surface area contributed by atoms with Crippen molar-refractivity contribution in [1.82, 2.24) is 0 Å². The van der Waals surface area contributed by atoms with Crippen LogP contribution in [0.4, 0.5) is 20.2 Å². The lowest BCUT2D eigenvalue weighted by Crippen LogP contribution is -2.37. The van der Waals surface area contributed by atoms with Crippen LogP contribution < -0.4 is 9.62 Å². The van der Waals surface area contributed by atoms with E-state index in [-0.39, 0.29) is 21.4 Å². The number of nitrogens with zero attached hydrogens (tertiary/aromatic N) is 1. The summed E-state index contributed by atoms with van der Waals surface area (Å²) in [4.78, 5) is 12.2. The number of carbonyl (C=O) groups excluding carboxylic acids is 1. The molecule has 25 heavy (non-hydrogen) atoms. The van der Waals surface area contributed by atoms with E-state index in [4.69, 9.17) is 23.2 Å². The zero-order valence-corrected chi connectivity index (χ0v) is 15.1. The van der Waals surface area contributed by atoms with Gasteiger partial charge in [-0.1, -0.05) is 29.3 Å². The molecule has 0 bridgehead atoms. The summed E-state index contributed by atoms with van der Waals surface area (Å²) in [5.41, 5.74) is -0.0728. The van der Waals surface area contributed by atoms with E-state index in [1.165, 1.54) is 12.1 Å². The normalized spacial score (nSPS) is 11.2. The highest BCUT2D eigenvalue weighted by molar-refractivity contribution is 7.92. The smallest absolute Gasteiger partial charge is 0.245 e. The van der Waals surface area contributed by atoms with Crippen LogP contribution in [0.25, 0.3) is 0 Å². The highest BCUT2D eigenvalue weighted by Gasteiger charge is 2.23. The lowest BCUT2D eigenvalue weighted by atomic mass is 10.3. The van der Waals surface area contributed by atoms with Gasteiger partial charge < -0.3 is 5.32 Å². The number of amides is 1. The minimum Gasteiger partial charge on any atom is -0.322 e. The fourth-order valence-electron chi connectivity index (χ4n) is 1.97. The van der Waals surface area contributed by atoms with Gasteiger partial charge >= 0.3 is 0 Å². The molecule has 0 aliphatic rings. The molecule has 0 aliphatic carbocycles. The molecule has 0 aliphatic heterocycles. The minimum absolute atomic E-state index is 0.120. The van der Waals surface area contributed by atoms with Gasteiger partial charge in [0.2, 0.25) is 15.9 Å². The number of para-hydroxylation sites is 1. The molecule has 134 valence electrons. The van der Waals surface area contributed by atoms with Crippen molar-refractivity contribution in [1.29, 1.82) is 0 Å². The van der Waals surface area contributed by atoms with Gasteiger partial charge in [0.15, 0.2) is 11.6 Å². The Bertz CT molecular complexity index is 903. The van der Waals surface area contributed by atoms with E-state index >= 15 is 0 Å². The van der Waals surface area contributed by atoms with Crippen molar-refractivity contribution in [2.75, 3.05) is 22.4 Å². The van der Waals surface area contributed by atoms with E-state index in [2.05, 4.69) is 5.32 Å². The number of rotatable bonds is 5. The van der Waals surface area contributed by atoms with Crippen LogP contribution in [0, 0.1) is 11.6 Å². The Balaban J connectivity index is 2.29. The van der Waals surface area contributed by atoms with Crippen LogP contribution in [-0.4, -0.2) is 27.1 Å².